The number of hydrogen-bond donors (Lipinski definition) is 2. The second kappa shape index (κ2) is 8.22. The molecule has 4 rings (SSSR count). The van der Waals surface area contributed by atoms with Crippen LogP contribution in [0.1, 0.15) is 40.4 Å². The molecule has 0 spiro atoms. The molecule has 6 heteroatoms. The van der Waals surface area contributed by atoms with Gasteiger partial charge in [-0.05, 0) is 71.8 Å². The van der Waals surface area contributed by atoms with Crippen molar-refractivity contribution < 1.29 is 23.4 Å². The largest absolute Gasteiger partial charge is 0.508 e. The van der Waals surface area contributed by atoms with Gasteiger partial charge in [0.05, 0.1) is 5.56 Å². The average Bonchev–Trinajstić information content (AvgIpc) is 3.15. The van der Waals surface area contributed by atoms with Gasteiger partial charge in [0.1, 0.15) is 5.75 Å². The third-order valence-corrected chi connectivity index (χ3v) is 5.31. The van der Waals surface area contributed by atoms with Crippen LogP contribution in [0.25, 0.3) is 11.1 Å². The van der Waals surface area contributed by atoms with Gasteiger partial charge in [-0.1, -0.05) is 30.3 Å². The summed E-state index contributed by atoms with van der Waals surface area (Å²) >= 11 is 0. The lowest BCUT2D eigenvalue weighted by molar-refractivity contribution is 0.0175. The van der Waals surface area contributed by atoms with Crippen molar-refractivity contribution in [1.82, 2.24) is 0 Å². The highest BCUT2D eigenvalue weighted by molar-refractivity contribution is 6.09. The summed E-state index contributed by atoms with van der Waals surface area (Å²) in [6, 6.07) is 16.2. The molecular weight excluding hydrogens is 391 g/mol. The van der Waals surface area contributed by atoms with E-state index >= 15 is 0 Å². The van der Waals surface area contributed by atoms with E-state index < -0.39 is 5.92 Å². The minimum Gasteiger partial charge on any atom is -0.508 e. The van der Waals surface area contributed by atoms with E-state index in [0.29, 0.717) is 16.8 Å². The first kappa shape index (κ1) is 21.4. The first-order chi connectivity index (χ1) is 13.8. The Bertz CT molecular complexity index is 1070. The van der Waals surface area contributed by atoms with Gasteiger partial charge in [-0.3, -0.25) is 9.50 Å². The van der Waals surface area contributed by atoms with E-state index in [-0.39, 0.29) is 27.5 Å². The molecule has 0 radical (unpaired) electrons. The first-order valence-electron chi connectivity index (χ1n) is 9.56. The topological polar surface area (TPSA) is 49.3 Å². The average molecular weight is 413 g/mol. The quantitative estimate of drug-likeness (QED) is 0.546. The van der Waals surface area contributed by atoms with Crippen LogP contribution in [0, 0.1) is 0 Å². The van der Waals surface area contributed by atoms with Crippen molar-refractivity contribution in [3.05, 3.63) is 82.9 Å². The van der Waals surface area contributed by atoms with Gasteiger partial charge in [0, 0.05) is 18.2 Å². The number of amides is 1. The Hall–Kier alpha value is -3.28. The molecule has 0 saturated carbocycles. The fourth-order valence-corrected chi connectivity index (χ4v) is 3.76. The fourth-order valence-electron chi connectivity index (χ4n) is 3.76. The summed E-state index contributed by atoms with van der Waals surface area (Å²) in [6.45, 7) is 0.845. The van der Waals surface area contributed by atoms with E-state index in [9.17, 15) is 18.7 Å². The van der Waals surface area contributed by atoms with Crippen LogP contribution < -0.4 is 5.32 Å². The summed E-state index contributed by atoms with van der Waals surface area (Å²) in [6.07, 6.45) is 3.19. The van der Waals surface area contributed by atoms with Gasteiger partial charge in [-0.2, -0.15) is 0 Å². The van der Waals surface area contributed by atoms with Gasteiger partial charge in [0.25, 0.3) is 11.8 Å². The Morgan fingerprint density at radius 2 is 1.67 bits per heavy atom. The molecule has 0 fully saturated rings. The van der Waals surface area contributed by atoms with Gasteiger partial charge in [0.15, 0.2) is 0 Å². The number of aryl methyl sites for hydroxylation is 2. The highest BCUT2D eigenvalue weighted by atomic mass is 19.3. The third-order valence-electron chi connectivity index (χ3n) is 5.31. The number of phenols is 1. The molecule has 0 unspecified atom stereocenters. The van der Waals surface area contributed by atoms with Gasteiger partial charge < -0.3 is 10.4 Å². The van der Waals surface area contributed by atoms with E-state index in [1.54, 1.807) is 18.2 Å². The van der Waals surface area contributed by atoms with Crippen LogP contribution in [-0.4, -0.2) is 11.0 Å². The minimum atomic E-state index is -2.93. The summed E-state index contributed by atoms with van der Waals surface area (Å²) in [4.78, 5) is 12.9. The molecule has 156 valence electrons. The molecule has 1 aliphatic carbocycles. The zero-order chi connectivity index (χ0) is 20.6. The minimum absolute atomic E-state index is 0. The SMILES string of the molecule is CC(F)(F)c1ccc(-c2ccc(O)cc2C(=O)Nc2ccc3c(c2)CCC3)cc1.F. The number of carbonyl (C=O) groups excluding carboxylic acids is 1. The van der Waals surface area contributed by atoms with E-state index in [1.807, 2.05) is 18.2 Å². The molecule has 0 aromatic heterocycles. The highest BCUT2D eigenvalue weighted by Crippen LogP contribution is 2.32. The van der Waals surface area contributed by atoms with Gasteiger partial charge in [-0.25, -0.2) is 8.78 Å². The number of fused-ring (bicyclic) bond motifs is 1. The van der Waals surface area contributed by atoms with Crippen LogP contribution in [0.5, 0.6) is 5.75 Å². The zero-order valence-electron chi connectivity index (χ0n) is 16.4. The molecule has 3 nitrogen and oxygen atoms in total. The molecule has 0 saturated heterocycles. The van der Waals surface area contributed by atoms with Gasteiger partial charge in [0.2, 0.25) is 0 Å². The smallest absolute Gasteiger partial charge is 0.270 e. The van der Waals surface area contributed by atoms with Crippen LogP contribution in [0.3, 0.4) is 0 Å². The van der Waals surface area contributed by atoms with Crippen LogP contribution in [0.2, 0.25) is 0 Å². The molecule has 2 N–H and O–H groups in total. The van der Waals surface area contributed by atoms with Crippen molar-refractivity contribution in [2.75, 3.05) is 5.32 Å². The molecule has 0 heterocycles. The lowest BCUT2D eigenvalue weighted by Crippen LogP contribution is -2.13. The van der Waals surface area contributed by atoms with Crippen molar-refractivity contribution >= 4 is 11.6 Å². The van der Waals surface area contributed by atoms with Crippen LogP contribution in [0.15, 0.2) is 60.7 Å². The Morgan fingerprint density at radius 3 is 2.37 bits per heavy atom. The molecule has 3 aromatic rings. The van der Waals surface area contributed by atoms with Gasteiger partial charge >= 0.3 is 0 Å². The summed E-state index contributed by atoms with van der Waals surface area (Å²) in [5, 5.41) is 12.8. The number of halogens is 3. The first-order valence-corrected chi connectivity index (χ1v) is 9.56. The van der Waals surface area contributed by atoms with Crippen LogP contribution in [0.4, 0.5) is 19.2 Å². The second-order valence-corrected chi connectivity index (χ2v) is 7.49. The summed E-state index contributed by atoms with van der Waals surface area (Å²) in [5.74, 6) is -3.33. The zero-order valence-corrected chi connectivity index (χ0v) is 16.4. The molecule has 1 amide bonds. The maximum atomic E-state index is 13.5. The third kappa shape index (κ3) is 4.32. The van der Waals surface area contributed by atoms with Crippen molar-refractivity contribution in [3.8, 4) is 16.9 Å². The number of phenolic OH excluding ortho intramolecular Hbond substituents is 1. The predicted molar refractivity (Wildman–Crippen MR) is 112 cm³/mol. The van der Waals surface area contributed by atoms with Crippen molar-refractivity contribution in [1.29, 1.82) is 0 Å². The lowest BCUT2D eigenvalue weighted by Gasteiger charge is -2.14. The normalized spacial score (nSPS) is 12.8. The number of anilines is 1. The molecule has 1 aliphatic rings. The van der Waals surface area contributed by atoms with E-state index in [1.165, 1.54) is 35.4 Å². The van der Waals surface area contributed by atoms with Gasteiger partial charge in [-0.15, -0.1) is 0 Å². The van der Waals surface area contributed by atoms with E-state index in [2.05, 4.69) is 5.32 Å². The molecule has 0 atom stereocenters. The molecule has 30 heavy (non-hydrogen) atoms. The lowest BCUT2D eigenvalue weighted by atomic mass is 9.96. The Balaban J connectivity index is 0.00000256. The monoisotopic (exact) mass is 413 g/mol. The second-order valence-electron chi connectivity index (χ2n) is 7.49. The van der Waals surface area contributed by atoms with Crippen molar-refractivity contribution in [2.45, 2.75) is 32.1 Å². The predicted octanol–water partition coefficient (Wildman–Crippen LogP) is 6.06. The molecule has 3 aromatic carbocycles. The molecular formula is C24H22F3NO2. The summed E-state index contributed by atoms with van der Waals surface area (Å²) in [7, 11) is 0. The standard InChI is InChI=1S/C24H21F2NO2.FH/c1-24(25,26)18-8-5-16(6-9-18)21-12-11-20(28)14-22(21)23(29)27-19-10-7-15-3-2-4-17(15)13-19;/h5-14,28H,2-4H2,1H3,(H,27,29);1H. The summed E-state index contributed by atoms with van der Waals surface area (Å²) < 4.78 is 27.0. The Morgan fingerprint density at radius 1 is 0.967 bits per heavy atom. The van der Waals surface area contributed by atoms with Crippen LogP contribution >= 0.6 is 0 Å². The van der Waals surface area contributed by atoms with Crippen molar-refractivity contribution in [3.63, 3.8) is 0 Å². The number of aromatic hydroxyl groups is 1. The number of carbonyl (C=O) groups is 1. The Kier molecular flexibility index (Phi) is 5.87. The fraction of sp³-hybridized carbons (Fsp3) is 0.208. The maximum Gasteiger partial charge on any atom is 0.270 e. The number of benzene rings is 3. The van der Waals surface area contributed by atoms with Crippen molar-refractivity contribution in [2.24, 2.45) is 0 Å². The van der Waals surface area contributed by atoms with Crippen LogP contribution in [-0.2, 0) is 18.8 Å². The number of alkyl halides is 2. The van der Waals surface area contributed by atoms with E-state index in [0.717, 1.165) is 26.2 Å². The number of rotatable bonds is 4. The summed E-state index contributed by atoms with van der Waals surface area (Å²) in [5.41, 5.74) is 4.63. The molecule has 0 bridgehead atoms. The highest BCUT2D eigenvalue weighted by Gasteiger charge is 2.24. The number of nitrogens with one attached hydrogen (secondary N) is 1. The maximum absolute atomic E-state index is 13.5. The number of hydrogen-bond acceptors (Lipinski definition) is 2. The Labute approximate surface area is 172 Å². The van der Waals surface area contributed by atoms with E-state index in [4.69, 9.17) is 0 Å². The molecule has 0 aliphatic heterocycles.